The molecule has 2 N–H and O–H groups in total. The first-order valence-corrected chi connectivity index (χ1v) is 8.29. The van der Waals surface area contributed by atoms with Gasteiger partial charge in [0.25, 0.3) is 5.91 Å². The lowest BCUT2D eigenvalue weighted by Crippen LogP contribution is -2.32. The first-order chi connectivity index (χ1) is 10.5. The summed E-state index contributed by atoms with van der Waals surface area (Å²) in [7, 11) is 0. The number of nitrogens with zero attached hydrogens (tertiary/aromatic N) is 1. The second-order valence-electron chi connectivity index (χ2n) is 4.85. The molecule has 1 fully saturated rings. The molecule has 1 aliphatic heterocycles. The monoisotopic (exact) mass is 428 g/mol. The Kier molecular flexibility index (Phi) is 6.00. The number of hydrogen-bond acceptors (Lipinski definition) is 4. The molecule has 1 aromatic rings. The van der Waals surface area contributed by atoms with Crippen molar-refractivity contribution in [1.82, 2.24) is 5.32 Å². The van der Waals surface area contributed by atoms with Crippen molar-refractivity contribution in [3.05, 3.63) is 32.2 Å². The zero-order valence-corrected chi connectivity index (χ0v) is 14.8. The molecular weight excluding hydrogens is 416 g/mol. The Balaban J connectivity index is 2.09. The molecule has 0 saturated carbocycles. The van der Waals surface area contributed by atoms with Crippen molar-refractivity contribution in [2.24, 2.45) is 0 Å². The minimum absolute atomic E-state index is 0.00230. The number of benzene rings is 1. The first kappa shape index (κ1) is 17.0. The quantitative estimate of drug-likeness (QED) is 0.569. The average Bonchev–Trinajstić information content (AvgIpc) is 3.01. The van der Waals surface area contributed by atoms with Gasteiger partial charge in [0.2, 0.25) is 0 Å². The van der Waals surface area contributed by atoms with E-state index in [4.69, 9.17) is 10.00 Å². The second kappa shape index (κ2) is 7.77. The average molecular weight is 430 g/mol. The molecule has 1 saturated heterocycles. The van der Waals surface area contributed by atoms with Crippen LogP contribution in [0.5, 0.6) is 5.75 Å². The molecule has 7 heteroatoms. The number of carbonyl (C=O) groups excluding carboxylic acids is 1. The summed E-state index contributed by atoms with van der Waals surface area (Å²) in [5.41, 5.74) is 0.628. The Labute approximate surface area is 145 Å². The van der Waals surface area contributed by atoms with Crippen LogP contribution in [0.15, 0.2) is 26.7 Å². The van der Waals surface area contributed by atoms with Crippen LogP contribution in [0.1, 0.15) is 18.4 Å². The van der Waals surface area contributed by atoms with E-state index in [1.54, 1.807) is 12.1 Å². The first-order valence-electron chi connectivity index (χ1n) is 6.71. The van der Waals surface area contributed by atoms with Gasteiger partial charge in [0.05, 0.1) is 15.0 Å². The number of phenolic OH excluding ortho intramolecular Hbond substituents is 1. The van der Waals surface area contributed by atoms with Gasteiger partial charge in [0.15, 0.2) is 0 Å². The van der Waals surface area contributed by atoms with Gasteiger partial charge in [-0.15, -0.1) is 0 Å². The molecule has 22 heavy (non-hydrogen) atoms. The van der Waals surface area contributed by atoms with Crippen LogP contribution in [-0.4, -0.2) is 30.3 Å². The normalized spacial score (nSPS) is 18.0. The Morgan fingerprint density at radius 1 is 1.50 bits per heavy atom. The predicted octanol–water partition coefficient (Wildman–Crippen LogP) is 3.12. The molecule has 116 valence electrons. The highest BCUT2D eigenvalue weighted by molar-refractivity contribution is 9.11. The van der Waals surface area contributed by atoms with Crippen LogP contribution in [0, 0.1) is 11.3 Å². The molecule has 0 spiro atoms. The maximum Gasteiger partial charge on any atom is 0.262 e. The summed E-state index contributed by atoms with van der Waals surface area (Å²) in [6.45, 7) is 1.12. The molecular formula is C15H14Br2N2O3. The van der Waals surface area contributed by atoms with Crippen LogP contribution in [0.25, 0.3) is 6.08 Å². The van der Waals surface area contributed by atoms with E-state index in [0.717, 1.165) is 19.4 Å². The summed E-state index contributed by atoms with van der Waals surface area (Å²) in [6.07, 6.45) is 3.42. The van der Waals surface area contributed by atoms with Gasteiger partial charge >= 0.3 is 0 Å². The van der Waals surface area contributed by atoms with Crippen molar-refractivity contribution < 1.29 is 14.6 Å². The van der Waals surface area contributed by atoms with Gasteiger partial charge in [0, 0.05) is 13.2 Å². The summed E-state index contributed by atoms with van der Waals surface area (Å²) < 4.78 is 6.38. The van der Waals surface area contributed by atoms with E-state index in [2.05, 4.69) is 37.2 Å². The SMILES string of the molecule is N#C/C(=C\c1cc(Br)c(O)c(Br)c1)C(=O)NC[C@@H]1CCCO1. The zero-order chi connectivity index (χ0) is 16.1. The largest absolute Gasteiger partial charge is 0.506 e. The fraction of sp³-hybridized carbons (Fsp3) is 0.333. The van der Waals surface area contributed by atoms with E-state index >= 15 is 0 Å². The summed E-state index contributed by atoms with van der Waals surface area (Å²) in [6, 6.07) is 5.15. The van der Waals surface area contributed by atoms with Gasteiger partial charge in [-0.25, -0.2) is 0 Å². The molecule has 0 unspecified atom stereocenters. The smallest absolute Gasteiger partial charge is 0.262 e. The van der Waals surface area contributed by atoms with Gasteiger partial charge < -0.3 is 15.2 Å². The fourth-order valence-electron chi connectivity index (χ4n) is 2.09. The lowest BCUT2D eigenvalue weighted by Gasteiger charge is -2.10. The van der Waals surface area contributed by atoms with Gasteiger partial charge in [-0.3, -0.25) is 4.79 Å². The molecule has 1 aliphatic rings. The van der Waals surface area contributed by atoms with Crippen LogP contribution in [0.4, 0.5) is 0 Å². The Bertz CT molecular complexity index is 624. The molecule has 1 amide bonds. The maximum absolute atomic E-state index is 12.0. The van der Waals surface area contributed by atoms with Crippen molar-refractivity contribution in [3.8, 4) is 11.8 Å². The molecule has 2 rings (SSSR count). The highest BCUT2D eigenvalue weighted by Crippen LogP contribution is 2.33. The highest BCUT2D eigenvalue weighted by Gasteiger charge is 2.17. The van der Waals surface area contributed by atoms with Crippen molar-refractivity contribution in [1.29, 1.82) is 5.26 Å². The number of hydrogen-bond donors (Lipinski definition) is 2. The number of amides is 1. The minimum atomic E-state index is -0.432. The van der Waals surface area contributed by atoms with Crippen LogP contribution in [0.2, 0.25) is 0 Å². The van der Waals surface area contributed by atoms with Crippen LogP contribution >= 0.6 is 31.9 Å². The lowest BCUT2D eigenvalue weighted by atomic mass is 10.1. The van der Waals surface area contributed by atoms with E-state index in [-0.39, 0.29) is 17.4 Å². The third-order valence-corrected chi connectivity index (χ3v) is 4.44. The molecule has 0 bridgehead atoms. The molecule has 0 radical (unpaired) electrons. The molecule has 0 aromatic heterocycles. The van der Waals surface area contributed by atoms with Crippen LogP contribution < -0.4 is 5.32 Å². The van der Waals surface area contributed by atoms with Crippen molar-refractivity contribution in [3.63, 3.8) is 0 Å². The summed E-state index contributed by atoms with van der Waals surface area (Å²) in [5, 5.41) is 21.5. The number of halogens is 2. The Morgan fingerprint density at radius 2 is 2.18 bits per heavy atom. The highest BCUT2D eigenvalue weighted by atomic mass is 79.9. The maximum atomic E-state index is 12.0. The van der Waals surface area contributed by atoms with Crippen LogP contribution in [-0.2, 0) is 9.53 Å². The Morgan fingerprint density at radius 3 is 2.73 bits per heavy atom. The van der Waals surface area contributed by atoms with E-state index in [1.807, 2.05) is 6.07 Å². The van der Waals surface area contributed by atoms with Crippen LogP contribution in [0.3, 0.4) is 0 Å². The second-order valence-corrected chi connectivity index (χ2v) is 6.56. The zero-order valence-electron chi connectivity index (χ0n) is 11.6. The van der Waals surface area contributed by atoms with Crippen molar-refractivity contribution >= 4 is 43.8 Å². The molecule has 1 aromatic carbocycles. The number of phenols is 1. The number of rotatable bonds is 4. The predicted molar refractivity (Wildman–Crippen MR) is 89.1 cm³/mol. The third-order valence-electron chi connectivity index (χ3n) is 3.23. The summed E-state index contributed by atoms with van der Waals surface area (Å²) >= 11 is 6.42. The standard InChI is InChI=1S/C15H14Br2N2O3/c16-12-5-9(6-13(17)14(12)20)4-10(7-18)15(21)19-8-11-2-1-3-22-11/h4-6,11,20H,1-3,8H2,(H,19,21)/b10-4+/t11-/m0/s1. The number of nitriles is 1. The lowest BCUT2D eigenvalue weighted by molar-refractivity contribution is -0.117. The number of carbonyl (C=O) groups is 1. The summed E-state index contributed by atoms with van der Waals surface area (Å²) in [5.74, 6) is -0.364. The van der Waals surface area contributed by atoms with E-state index in [0.29, 0.717) is 21.1 Å². The third kappa shape index (κ3) is 4.32. The van der Waals surface area contributed by atoms with Gasteiger partial charge in [-0.2, -0.15) is 5.26 Å². The fourth-order valence-corrected chi connectivity index (χ4v) is 3.31. The summed E-state index contributed by atoms with van der Waals surface area (Å²) in [4.78, 5) is 12.0. The van der Waals surface area contributed by atoms with Gasteiger partial charge in [0.1, 0.15) is 17.4 Å². The van der Waals surface area contributed by atoms with Gasteiger partial charge in [-0.1, -0.05) is 0 Å². The van der Waals surface area contributed by atoms with Crippen molar-refractivity contribution in [2.75, 3.05) is 13.2 Å². The number of nitrogens with one attached hydrogen (secondary N) is 1. The van der Waals surface area contributed by atoms with E-state index < -0.39 is 5.91 Å². The topological polar surface area (TPSA) is 82.3 Å². The minimum Gasteiger partial charge on any atom is -0.506 e. The van der Waals surface area contributed by atoms with Crippen molar-refractivity contribution in [2.45, 2.75) is 18.9 Å². The number of aromatic hydroxyl groups is 1. The number of ether oxygens (including phenoxy) is 1. The molecule has 0 aliphatic carbocycles. The van der Waals surface area contributed by atoms with E-state index in [1.165, 1.54) is 6.08 Å². The molecule has 1 heterocycles. The molecule has 1 atom stereocenters. The van der Waals surface area contributed by atoms with Gasteiger partial charge in [-0.05, 0) is 68.5 Å². The van der Waals surface area contributed by atoms with E-state index in [9.17, 15) is 9.90 Å². The Hall–Kier alpha value is -1.36. The molecule has 5 nitrogen and oxygen atoms in total.